The number of benzene rings is 2. The number of amides is 2. The normalized spacial score (nSPS) is 15.2. The number of likely N-dealkylation sites (N-methyl/N-ethyl adjacent to an activating group) is 1. The highest BCUT2D eigenvalue weighted by molar-refractivity contribution is 7.92. The molecule has 1 aliphatic heterocycles. The first-order valence-corrected chi connectivity index (χ1v) is 11.9. The monoisotopic (exact) mass is 443 g/mol. The first-order chi connectivity index (χ1) is 14.7. The third-order valence-corrected chi connectivity index (χ3v) is 7.68. The van der Waals surface area contributed by atoms with E-state index in [0.717, 1.165) is 31.7 Å². The number of piperazine rings is 1. The third kappa shape index (κ3) is 5.51. The molecular formula is C23H29N3O4S. The molecule has 2 amide bonds. The van der Waals surface area contributed by atoms with Gasteiger partial charge in [0.25, 0.3) is 11.8 Å². The molecule has 7 nitrogen and oxygen atoms in total. The summed E-state index contributed by atoms with van der Waals surface area (Å²) in [5, 5.41) is 2.31. The largest absolute Gasteiger partial charge is 0.348 e. The van der Waals surface area contributed by atoms with Crippen LogP contribution in [0.2, 0.25) is 0 Å². The number of nitrogens with zero attached hydrogens (tertiary/aromatic N) is 2. The predicted octanol–water partition coefficient (Wildman–Crippen LogP) is 2.19. The van der Waals surface area contributed by atoms with E-state index in [1.807, 2.05) is 24.1 Å². The molecule has 1 aliphatic rings. The summed E-state index contributed by atoms with van der Waals surface area (Å²) in [6.07, 6.45) is 0. The SMILES string of the molecule is CC(C)S(=O)(=O)c1ccc(C(=O)NCc2ccc(C(=O)N3CCN(C)CC3)cc2)cc1. The summed E-state index contributed by atoms with van der Waals surface area (Å²) >= 11 is 0. The van der Waals surface area contributed by atoms with Crippen molar-refractivity contribution in [3.8, 4) is 0 Å². The lowest BCUT2D eigenvalue weighted by molar-refractivity contribution is 0.0664. The van der Waals surface area contributed by atoms with E-state index in [1.54, 1.807) is 26.0 Å². The minimum atomic E-state index is -3.36. The predicted molar refractivity (Wildman–Crippen MR) is 120 cm³/mol. The Hall–Kier alpha value is -2.71. The van der Waals surface area contributed by atoms with Gasteiger partial charge in [0, 0.05) is 43.9 Å². The zero-order chi connectivity index (χ0) is 22.6. The van der Waals surface area contributed by atoms with Crippen LogP contribution in [0.15, 0.2) is 53.4 Å². The van der Waals surface area contributed by atoms with Gasteiger partial charge in [-0.3, -0.25) is 9.59 Å². The molecule has 1 N–H and O–H groups in total. The molecule has 0 atom stereocenters. The molecule has 0 radical (unpaired) electrons. The second-order valence-corrected chi connectivity index (χ2v) is 10.6. The van der Waals surface area contributed by atoms with E-state index in [2.05, 4.69) is 10.2 Å². The van der Waals surface area contributed by atoms with Gasteiger partial charge in [0.2, 0.25) is 0 Å². The topological polar surface area (TPSA) is 86.8 Å². The fraction of sp³-hybridized carbons (Fsp3) is 0.391. The lowest BCUT2D eigenvalue weighted by Crippen LogP contribution is -2.47. The smallest absolute Gasteiger partial charge is 0.253 e. The van der Waals surface area contributed by atoms with Crippen LogP contribution in [0.1, 0.15) is 40.1 Å². The molecule has 3 rings (SSSR count). The van der Waals surface area contributed by atoms with Crippen molar-refractivity contribution in [1.29, 1.82) is 0 Å². The van der Waals surface area contributed by atoms with Crippen LogP contribution in [-0.2, 0) is 16.4 Å². The molecule has 1 fully saturated rings. The van der Waals surface area contributed by atoms with E-state index >= 15 is 0 Å². The molecule has 1 saturated heterocycles. The van der Waals surface area contributed by atoms with Gasteiger partial charge in [0.05, 0.1) is 10.1 Å². The number of carbonyl (C=O) groups excluding carboxylic acids is 2. The van der Waals surface area contributed by atoms with Crippen LogP contribution in [-0.4, -0.2) is 68.5 Å². The van der Waals surface area contributed by atoms with E-state index in [-0.39, 0.29) is 16.7 Å². The van der Waals surface area contributed by atoms with Gasteiger partial charge in [-0.2, -0.15) is 0 Å². The summed E-state index contributed by atoms with van der Waals surface area (Å²) in [5.74, 6) is -0.258. The summed E-state index contributed by atoms with van der Waals surface area (Å²) in [7, 11) is -1.31. The molecule has 0 aromatic heterocycles. The molecular weight excluding hydrogens is 414 g/mol. The van der Waals surface area contributed by atoms with Crippen LogP contribution >= 0.6 is 0 Å². The highest BCUT2D eigenvalue weighted by Crippen LogP contribution is 2.17. The van der Waals surface area contributed by atoms with Gasteiger partial charge >= 0.3 is 0 Å². The second-order valence-electron chi connectivity index (χ2n) is 8.09. The Morgan fingerprint density at radius 1 is 0.903 bits per heavy atom. The van der Waals surface area contributed by atoms with E-state index in [1.165, 1.54) is 24.3 Å². The second kappa shape index (κ2) is 9.62. The van der Waals surface area contributed by atoms with Crippen LogP contribution in [0.4, 0.5) is 0 Å². The first-order valence-electron chi connectivity index (χ1n) is 10.4. The first kappa shape index (κ1) is 23.0. The van der Waals surface area contributed by atoms with E-state index < -0.39 is 15.1 Å². The van der Waals surface area contributed by atoms with Crippen molar-refractivity contribution in [3.05, 3.63) is 65.2 Å². The number of rotatable bonds is 6. The standard InChI is InChI=1S/C23H29N3O4S/c1-17(2)31(29,30)21-10-8-19(9-11-21)22(27)24-16-18-4-6-20(7-5-18)23(28)26-14-12-25(3)13-15-26/h4-11,17H,12-16H2,1-3H3,(H,24,27). The van der Waals surface area contributed by atoms with Crippen LogP contribution in [0.5, 0.6) is 0 Å². The maximum absolute atomic E-state index is 12.6. The number of sulfone groups is 1. The Morgan fingerprint density at radius 2 is 1.45 bits per heavy atom. The Morgan fingerprint density at radius 3 is 2.00 bits per heavy atom. The van der Waals surface area contributed by atoms with Gasteiger partial charge < -0.3 is 15.1 Å². The van der Waals surface area contributed by atoms with Gasteiger partial charge in [-0.25, -0.2) is 8.42 Å². The van der Waals surface area contributed by atoms with E-state index in [4.69, 9.17) is 0 Å². The summed E-state index contributed by atoms with van der Waals surface area (Å²) in [6, 6.07) is 13.2. The Bertz CT molecular complexity index is 1020. The molecule has 0 spiro atoms. The molecule has 2 aromatic carbocycles. The highest BCUT2D eigenvalue weighted by atomic mass is 32.2. The summed E-state index contributed by atoms with van der Waals surface area (Å²) < 4.78 is 24.4. The summed E-state index contributed by atoms with van der Waals surface area (Å²) in [4.78, 5) is 29.3. The lowest BCUT2D eigenvalue weighted by atomic mass is 10.1. The number of nitrogens with one attached hydrogen (secondary N) is 1. The fourth-order valence-electron chi connectivity index (χ4n) is 3.31. The molecule has 31 heavy (non-hydrogen) atoms. The zero-order valence-corrected chi connectivity index (χ0v) is 19.0. The fourth-order valence-corrected chi connectivity index (χ4v) is 4.37. The summed E-state index contributed by atoms with van der Waals surface area (Å²) in [6.45, 7) is 6.77. The molecule has 8 heteroatoms. The molecule has 1 heterocycles. The van der Waals surface area contributed by atoms with Gasteiger partial charge in [-0.1, -0.05) is 12.1 Å². The Kier molecular flexibility index (Phi) is 7.12. The summed E-state index contributed by atoms with van der Waals surface area (Å²) in [5.41, 5.74) is 1.91. The van der Waals surface area contributed by atoms with Crippen molar-refractivity contribution in [1.82, 2.24) is 15.1 Å². The average molecular weight is 444 g/mol. The maximum Gasteiger partial charge on any atom is 0.253 e. The average Bonchev–Trinajstić information content (AvgIpc) is 2.78. The highest BCUT2D eigenvalue weighted by Gasteiger charge is 2.21. The van der Waals surface area contributed by atoms with Gasteiger partial charge in [0.1, 0.15) is 0 Å². The van der Waals surface area contributed by atoms with E-state index in [0.29, 0.717) is 17.7 Å². The van der Waals surface area contributed by atoms with Crippen LogP contribution in [0.3, 0.4) is 0 Å². The van der Waals surface area contributed by atoms with Crippen molar-refractivity contribution in [2.24, 2.45) is 0 Å². The van der Waals surface area contributed by atoms with Gasteiger partial charge in [-0.05, 0) is 62.9 Å². The lowest BCUT2D eigenvalue weighted by Gasteiger charge is -2.32. The maximum atomic E-state index is 12.6. The van der Waals surface area contributed by atoms with Crippen LogP contribution < -0.4 is 5.32 Å². The molecule has 166 valence electrons. The Balaban J connectivity index is 1.56. The molecule has 0 bridgehead atoms. The van der Waals surface area contributed by atoms with Crippen LogP contribution in [0, 0.1) is 0 Å². The zero-order valence-electron chi connectivity index (χ0n) is 18.2. The van der Waals surface area contributed by atoms with Crippen molar-refractivity contribution < 1.29 is 18.0 Å². The Labute approximate surface area is 184 Å². The molecule has 0 saturated carbocycles. The minimum absolute atomic E-state index is 0.0279. The number of carbonyl (C=O) groups is 2. The van der Waals surface area contributed by atoms with Crippen molar-refractivity contribution in [2.75, 3.05) is 33.2 Å². The molecule has 2 aromatic rings. The molecule has 0 aliphatic carbocycles. The quantitative estimate of drug-likeness (QED) is 0.740. The van der Waals surface area contributed by atoms with Crippen molar-refractivity contribution >= 4 is 21.7 Å². The third-order valence-electron chi connectivity index (χ3n) is 5.51. The number of hydrogen-bond acceptors (Lipinski definition) is 5. The van der Waals surface area contributed by atoms with Gasteiger partial charge in [-0.15, -0.1) is 0 Å². The molecule has 0 unspecified atom stereocenters. The van der Waals surface area contributed by atoms with Crippen molar-refractivity contribution in [2.45, 2.75) is 30.5 Å². The van der Waals surface area contributed by atoms with Crippen molar-refractivity contribution in [3.63, 3.8) is 0 Å². The minimum Gasteiger partial charge on any atom is -0.348 e. The van der Waals surface area contributed by atoms with Crippen LogP contribution in [0.25, 0.3) is 0 Å². The van der Waals surface area contributed by atoms with Gasteiger partial charge in [0.15, 0.2) is 9.84 Å². The number of hydrogen-bond donors (Lipinski definition) is 1. The van der Waals surface area contributed by atoms with E-state index in [9.17, 15) is 18.0 Å².